The molecule has 1 nitrogen and oxygen atoms in total. The van der Waals surface area contributed by atoms with Gasteiger partial charge < -0.3 is 5.73 Å². The first-order valence-corrected chi connectivity index (χ1v) is 6.09. The van der Waals surface area contributed by atoms with Crippen LogP contribution in [-0.2, 0) is 6.42 Å². The van der Waals surface area contributed by atoms with Gasteiger partial charge in [0.25, 0.3) is 0 Å². The Hall–Kier alpha value is -0.250. The molecule has 0 saturated carbocycles. The molecule has 0 bridgehead atoms. The van der Waals surface area contributed by atoms with Crippen molar-refractivity contribution in [2.24, 2.45) is 5.73 Å². The minimum Gasteiger partial charge on any atom is -0.327 e. The Kier molecular flexibility index (Phi) is 4.72. The van der Waals surface area contributed by atoms with Crippen LogP contribution in [0.3, 0.4) is 0 Å². The van der Waals surface area contributed by atoms with Gasteiger partial charge in [0, 0.05) is 11.8 Å². The second-order valence-electron chi connectivity index (χ2n) is 3.13. The van der Waals surface area contributed by atoms with E-state index in [0.717, 1.165) is 5.75 Å². The van der Waals surface area contributed by atoms with Gasteiger partial charge >= 0.3 is 0 Å². The summed E-state index contributed by atoms with van der Waals surface area (Å²) < 4.78 is 13.4. The van der Waals surface area contributed by atoms with Gasteiger partial charge in [0.1, 0.15) is 5.82 Å². The number of nitrogens with two attached hydrogens (primary N) is 1. The molecule has 0 radical (unpaired) electrons. The third-order valence-corrected chi connectivity index (χ3v) is 2.95. The summed E-state index contributed by atoms with van der Waals surface area (Å²) in [6.45, 7) is 0. The molecule has 0 aliphatic rings. The molecule has 0 heterocycles. The van der Waals surface area contributed by atoms with E-state index in [1.807, 2.05) is 6.26 Å². The molecule has 14 heavy (non-hydrogen) atoms. The Balaban J connectivity index is 2.71. The van der Waals surface area contributed by atoms with Crippen LogP contribution < -0.4 is 5.73 Å². The second kappa shape index (κ2) is 5.59. The summed E-state index contributed by atoms with van der Waals surface area (Å²) in [4.78, 5) is 0. The van der Waals surface area contributed by atoms with Crippen LogP contribution in [0.25, 0.3) is 0 Å². The smallest absolute Gasteiger partial charge is 0.145 e. The first kappa shape index (κ1) is 11.8. The van der Waals surface area contributed by atoms with Crippen LogP contribution in [0.1, 0.15) is 5.56 Å². The molecule has 0 saturated heterocycles. The van der Waals surface area contributed by atoms with Gasteiger partial charge in [-0.3, -0.25) is 0 Å². The fraction of sp³-hybridized carbons (Fsp3) is 0.400. The molecule has 2 N–H and O–H groups in total. The molecule has 1 unspecified atom stereocenters. The van der Waals surface area contributed by atoms with Gasteiger partial charge in [-0.25, -0.2) is 4.39 Å². The van der Waals surface area contributed by atoms with Gasteiger partial charge in [-0.1, -0.05) is 23.7 Å². The van der Waals surface area contributed by atoms with Gasteiger partial charge in [-0.2, -0.15) is 11.8 Å². The molecule has 78 valence electrons. The Morgan fingerprint density at radius 1 is 1.57 bits per heavy atom. The molecule has 4 heteroatoms. The second-order valence-corrected chi connectivity index (χ2v) is 4.45. The molecule has 0 aliphatic heterocycles. The van der Waals surface area contributed by atoms with Crippen molar-refractivity contribution < 1.29 is 4.39 Å². The van der Waals surface area contributed by atoms with Gasteiger partial charge in [-0.05, 0) is 24.3 Å². The fourth-order valence-corrected chi connectivity index (χ4v) is 2.00. The van der Waals surface area contributed by atoms with E-state index in [9.17, 15) is 4.39 Å². The molecular formula is C10H13ClFNS. The third kappa shape index (κ3) is 3.15. The van der Waals surface area contributed by atoms with E-state index >= 15 is 0 Å². The van der Waals surface area contributed by atoms with Crippen LogP contribution in [0.15, 0.2) is 18.2 Å². The zero-order chi connectivity index (χ0) is 10.6. The van der Waals surface area contributed by atoms with Crippen molar-refractivity contribution in [3.05, 3.63) is 34.6 Å². The molecule has 0 spiro atoms. The summed E-state index contributed by atoms with van der Waals surface area (Å²) in [6, 6.07) is 4.99. The Morgan fingerprint density at radius 3 is 2.93 bits per heavy atom. The summed E-state index contributed by atoms with van der Waals surface area (Å²) in [5.74, 6) is 0.483. The first-order valence-electron chi connectivity index (χ1n) is 4.32. The van der Waals surface area contributed by atoms with Crippen LogP contribution in [0.4, 0.5) is 4.39 Å². The third-order valence-electron chi connectivity index (χ3n) is 1.89. The minimum absolute atomic E-state index is 0.0158. The molecule has 0 aromatic heterocycles. The normalized spacial score (nSPS) is 12.9. The van der Waals surface area contributed by atoms with Crippen LogP contribution in [0.2, 0.25) is 5.02 Å². The zero-order valence-electron chi connectivity index (χ0n) is 7.97. The zero-order valence-corrected chi connectivity index (χ0v) is 9.54. The highest BCUT2D eigenvalue weighted by Gasteiger charge is 2.09. The maximum Gasteiger partial charge on any atom is 0.145 e. The molecule has 1 atom stereocenters. The van der Waals surface area contributed by atoms with E-state index in [4.69, 9.17) is 17.3 Å². The first-order chi connectivity index (χ1) is 6.65. The van der Waals surface area contributed by atoms with Crippen LogP contribution in [0.5, 0.6) is 0 Å². The van der Waals surface area contributed by atoms with E-state index in [0.29, 0.717) is 12.0 Å². The standard InChI is InChI=1S/C10H13ClFNS/c1-14-6-8(13)5-7-3-2-4-9(11)10(7)12/h2-4,8H,5-6,13H2,1H3. The van der Waals surface area contributed by atoms with Crippen LogP contribution >= 0.6 is 23.4 Å². The lowest BCUT2D eigenvalue weighted by Crippen LogP contribution is -2.25. The molecule has 0 amide bonds. The average molecular weight is 234 g/mol. The summed E-state index contributed by atoms with van der Waals surface area (Å²) in [6.07, 6.45) is 2.52. The Morgan fingerprint density at radius 2 is 2.29 bits per heavy atom. The van der Waals surface area contributed by atoms with Crippen molar-refractivity contribution in [1.82, 2.24) is 0 Å². The summed E-state index contributed by atoms with van der Waals surface area (Å²) in [5, 5.41) is 0.166. The van der Waals surface area contributed by atoms with Crippen molar-refractivity contribution in [2.45, 2.75) is 12.5 Å². The van der Waals surface area contributed by atoms with E-state index < -0.39 is 0 Å². The number of benzene rings is 1. The topological polar surface area (TPSA) is 26.0 Å². The van der Waals surface area contributed by atoms with Crippen molar-refractivity contribution in [3.8, 4) is 0 Å². The SMILES string of the molecule is CSCC(N)Cc1cccc(Cl)c1F. The van der Waals surface area contributed by atoms with E-state index in [1.54, 1.807) is 30.0 Å². The van der Waals surface area contributed by atoms with E-state index in [-0.39, 0.29) is 16.9 Å². The monoisotopic (exact) mass is 233 g/mol. The summed E-state index contributed by atoms with van der Waals surface area (Å²) >= 11 is 7.31. The van der Waals surface area contributed by atoms with Crippen molar-refractivity contribution in [3.63, 3.8) is 0 Å². The maximum atomic E-state index is 13.4. The van der Waals surface area contributed by atoms with Gasteiger partial charge in [0.15, 0.2) is 0 Å². The Bertz CT molecular complexity index is 306. The largest absolute Gasteiger partial charge is 0.327 e. The van der Waals surface area contributed by atoms with Crippen molar-refractivity contribution in [1.29, 1.82) is 0 Å². The molecule has 1 rings (SSSR count). The highest BCUT2D eigenvalue weighted by Crippen LogP contribution is 2.19. The number of thioether (sulfide) groups is 1. The van der Waals surface area contributed by atoms with Crippen molar-refractivity contribution in [2.75, 3.05) is 12.0 Å². The van der Waals surface area contributed by atoms with Gasteiger partial charge in [-0.15, -0.1) is 0 Å². The lowest BCUT2D eigenvalue weighted by molar-refractivity contribution is 0.598. The highest BCUT2D eigenvalue weighted by molar-refractivity contribution is 7.98. The molecule has 1 aromatic carbocycles. The number of halogens is 2. The van der Waals surface area contributed by atoms with Crippen LogP contribution in [0, 0.1) is 5.82 Å². The quantitative estimate of drug-likeness (QED) is 0.866. The molecule has 0 aliphatic carbocycles. The molecular weight excluding hydrogens is 221 g/mol. The number of hydrogen-bond acceptors (Lipinski definition) is 2. The average Bonchev–Trinajstić information content (AvgIpc) is 2.13. The molecule has 0 fully saturated rings. The van der Waals surface area contributed by atoms with E-state index in [2.05, 4.69) is 0 Å². The molecule has 1 aromatic rings. The van der Waals surface area contributed by atoms with E-state index in [1.165, 1.54) is 0 Å². The van der Waals surface area contributed by atoms with Crippen LogP contribution in [-0.4, -0.2) is 18.1 Å². The number of hydrogen-bond donors (Lipinski definition) is 1. The predicted octanol–water partition coefficient (Wildman–Crippen LogP) is 2.71. The summed E-state index contributed by atoms with van der Waals surface area (Å²) in [5.41, 5.74) is 6.40. The highest BCUT2D eigenvalue weighted by atomic mass is 35.5. The van der Waals surface area contributed by atoms with Crippen molar-refractivity contribution >= 4 is 23.4 Å². The fourth-order valence-electron chi connectivity index (χ4n) is 1.26. The lowest BCUT2D eigenvalue weighted by atomic mass is 10.1. The minimum atomic E-state index is -0.342. The Labute approximate surface area is 92.8 Å². The predicted molar refractivity (Wildman–Crippen MR) is 61.5 cm³/mol. The maximum absolute atomic E-state index is 13.4. The van der Waals surface area contributed by atoms with Gasteiger partial charge in [0.05, 0.1) is 5.02 Å². The van der Waals surface area contributed by atoms with Gasteiger partial charge in [0.2, 0.25) is 0 Å². The lowest BCUT2D eigenvalue weighted by Gasteiger charge is -2.10. The number of rotatable bonds is 4. The summed E-state index contributed by atoms with van der Waals surface area (Å²) in [7, 11) is 0.